The fourth-order valence-corrected chi connectivity index (χ4v) is 16.4. The van der Waals surface area contributed by atoms with Crippen LogP contribution < -0.4 is 0 Å². The third kappa shape index (κ3) is 9.50. The molecule has 24 nitrogen and oxygen atoms in total. The summed E-state index contributed by atoms with van der Waals surface area (Å²) in [7, 11) is 0. The molecule has 9 aliphatic rings. The van der Waals surface area contributed by atoms with Crippen molar-refractivity contribution in [2.75, 3.05) is 26.4 Å². The molecule has 9 rings (SSSR count). The molecule has 0 amide bonds. The Morgan fingerprint density at radius 3 is 1.74 bits per heavy atom. The van der Waals surface area contributed by atoms with Gasteiger partial charge in [0.25, 0.3) is 0 Å². The molecule has 0 aromatic carbocycles. The lowest BCUT2D eigenvalue weighted by Crippen LogP contribution is -2.69. The second kappa shape index (κ2) is 21.5. The van der Waals surface area contributed by atoms with Crippen molar-refractivity contribution in [3.63, 3.8) is 0 Å². The molecule has 4 saturated carbocycles. The lowest BCUT2D eigenvalue weighted by atomic mass is 9.33. The van der Waals surface area contributed by atoms with E-state index < -0.39 is 176 Å². The summed E-state index contributed by atoms with van der Waals surface area (Å²) in [5.74, 6) is -1.82. The van der Waals surface area contributed by atoms with E-state index in [1.165, 1.54) is 5.57 Å². The van der Waals surface area contributed by atoms with Crippen LogP contribution in [0.25, 0.3) is 0 Å². The Hall–Kier alpha value is -1.67. The molecule has 0 bridgehead atoms. The minimum absolute atomic E-state index is 0.0818. The molecule has 15 N–H and O–H groups in total. The van der Waals surface area contributed by atoms with Crippen LogP contribution in [0.1, 0.15) is 99.8 Å². The first-order valence-corrected chi connectivity index (χ1v) is 27.4. The van der Waals surface area contributed by atoms with Crippen molar-refractivity contribution in [1.82, 2.24) is 0 Å². The molecule has 442 valence electrons. The number of carboxylic acids is 1. The van der Waals surface area contributed by atoms with E-state index in [0.717, 1.165) is 6.42 Å². The van der Waals surface area contributed by atoms with Gasteiger partial charge in [-0.2, -0.15) is 0 Å². The SMILES string of the molecule is CC1(C)C[C@H]2C3=CC[C@@H]4[C@@]5(C)CC[C@H](O[C@@H]6O[C@H](C(=O)O)[C@@H](O)[C@H](O)[C@H]6O[C@@H]6O[C@H](CO)[C@H](O)[C@H](O)[C@H]6O)[C@](C)(CO)[C@@H]5CC[C@@]4(C)[C@]3(C)CC[C@@]2(C)[C@H](O[C@H]2OC[C@@H](O)[C@@H](O)[C@@H]2O[C@@H]2O[C@H](CO)[C@@H](O)[C@H](O)[C@H]2O)[C@@H]1O. The van der Waals surface area contributed by atoms with Gasteiger partial charge in [0.1, 0.15) is 85.5 Å². The van der Waals surface area contributed by atoms with Crippen LogP contribution in [0, 0.1) is 50.2 Å². The molecule has 4 saturated heterocycles. The van der Waals surface area contributed by atoms with Crippen LogP contribution in [-0.2, 0) is 42.7 Å². The highest BCUT2D eigenvalue weighted by Crippen LogP contribution is 2.76. The summed E-state index contributed by atoms with van der Waals surface area (Å²) in [6.07, 6.45) is -28.0. The van der Waals surface area contributed by atoms with E-state index in [-0.39, 0.29) is 41.8 Å². The Bertz CT molecular complexity index is 2130. The van der Waals surface area contributed by atoms with Gasteiger partial charge in [0.05, 0.1) is 44.7 Å². The van der Waals surface area contributed by atoms with E-state index >= 15 is 0 Å². The van der Waals surface area contributed by atoms with Gasteiger partial charge in [-0.15, -0.1) is 0 Å². The lowest BCUT2D eigenvalue weighted by molar-refractivity contribution is -0.375. The fraction of sp³-hybridized carbons (Fsp3) is 0.943. The Labute approximate surface area is 447 Å². The van der Waals surface area contributed by atoms with Gasteiger partial charge in [-0.3, -0.25) is 0 Å². The molecule has 5 aliphatic carbocycles. The molecule has 30 atom stereocenters. The maximum Gasteiger partial charge on any atom is 0.335 e. The Morgan fingerprint density at radius 2 is 1.18 bits per heavy atom. The van der Waals surface area contributed by atoms with Crippen molar-refractivity contribution < 1.29 is 119 Å². The number of aliphatic carboxylic acids is 1. The number of aliphatic hydroxyl groups excluding tert-OH is 14. The summed E-state index contributed by atoms with van der Waals surface area (Å²) < 4.78 is 48.5. The standard InChI is InChI=1S/C53H86O24/c1-48(2)16-22-21-8-9-27-50(4)12-11-28(73-47-40(35(64)34(63)38(74-47)43(68)69)76-45-37(66)33(62)31(60)25(18-55)72-45)51(5,20-56)26(50)10-13-53(27,7)52(21,6)15-14-49(22,3)42(41(48)67)77-46-39(29(58)23(57)19-70-46)75-44-36(65)32(61)30(59)24(17-54)71-44/h8,22-42,44-47,54-67H,9-20H2,1-7H3,(H,68,69)/t22-,23+,24+,25+,26+,27+,28-,29+,30+,31-,32-,33-,34-,35-,36+,37+,38-,39-,40+,41-,42+,44-,45-,46+,47+,49+,50-,51+,52+,53+/m0/s1. The molecule has 0 unspecified atom stereocenters. The van der Waals surface area contributed by atoms with E-state index in [4.69, 9.17) is 37.9 Å². The average Bonchev–Trinajstić information content (AvgIpc) is 3.38. The van der Waals surface area contributed by atoms with Gasteiger partial charge in [-0.05, 0) is 90.8 Å². The molecule has 4 aliphatic heterocycles. The van der Waals surface area contributed by atoms with Gasteiger partial charge in [0.15, 0.2) is 31.3 Å². The molecular formula is C53H86O24. The van der Waals surface area contributed by atoms with Gasteiger partial charge < -0.3 is 114 Å². The Morgan fingerprint density at radius 1 is 0.597 bits per heavy atom. The van der Waals surface area contributed by atoms with Crippen molar-refractivity contribution >= 4 is 5.97 Å². The van der Waals surface area contributed by atoms with Crippen LogP contribution in [-0.4, -0.2) is 244 Å². The van der Waals surface area contributed by atoms with Gasteiger partial charge >= 0.3 is 5.97 Å². The van der Waals surface area contributed by atoms with E-state index in [9.17, 15) is 81.4 Å². The number of rotatable bonds is 12. The molecular weight excluding hydrogens is 1020 g/mol. The quantitative estimate of drug-likeness (QED) is 0.0689. The smallest absolute Gasteiger partial charge is 0.335 e. The highest BCUT2D eigenvalue weighted by molar-refractivity contribution is 5.73. The Kier molecular flexibility index (Phi) is 16.7. The topological polar surface area (TPSA) is 394 Å². The number of fused-ring (bicyclic) bond motifs is 7. The summed E-state index contributed by atoms with van der Waals surface area (Å²) >= 11 is 0. The van der Waals surface area contributed by atoms with E-state index in [1.807, 2.05) is 20.8 Å². The second-order valence-electron chi connectivity index (χ2n) is 26.0. The van der Waals surface area contributed by atoms with Gasteiger partial charge in [-0.25, -0.2) is 4.79 Å². The van der Waals surface area contributed by atoms with Crippen molar-refractivity contribution in [2.45, 2.75) is 235 Å². The van der Waals surface area contributed by atoms with E-state index in [1.54, 1.807) is 0 Å². The monoisotopic (exact) mass is 1110 g/mol. The number of hydrogen-bond acceptors (Lipinski definition) is 23. The zero-order chi connectivity index (χ0) is 56.4. The third-order valence-electron chi connectivity index (χ3n) is 21.5. The second-order valence-corrected chi connectivity index (χ2v) is 26.0. The lowest BCUT2D eigenvalue weighted by Gasteiger charge is -2.72. The molecule has 0 radical (unpaired) electrons. The predicted octanol–water partition coefficient (Wildman–Crippen LogP) is -2.89. The first-order chi connectivity index (χ1) is 36.0. The maximum atomic E-state index is 12.4. The van der Waals surface area contributed by atoms with Crippen LogP contribution in [0.5, 0.6) is 0 Å². The minimum Gasteiger partial charge on any atom is -0.479 e. The number of hydrogen-bond donors (Lipinski definition) is 15. The van der Waals surface area contributed by atoms with Crippen LogP contribution in [0.3, 0.4) is 0 Å². The molecule has 0 aromatic heterocycles. The summed E-state index contributed by atoms with van der Waals surface area (Å²) in [5.41, 5.74) is -2.26. The molecule has 0 aromatic rings. The number of carboxylic acid groups (broad SMARTS) is 1. The first kappa shape index (κ1) is 59.9. The zero-order valence-corrected chi connectivity index (χ0v) is 44.9. The Balaban J connectivity index is 0.973. The maximum absolute atomic E-state index is 12.4. The van der Waals surface area contributed by atoms with Crippen LogP contribution >= 0.6 is 0 Å². The molecule has 8 fully saturated rings. The zero-order valence-electron chi connectivity index (χ0n) is 44.9. The predicted molar refractivity (Wildman–Crippen MR) is 260 cm³/mol. The number of allylic oxidation sites excluding steroid dienone is 2. The van der Waals surface area contributed by atoms with Crippen LogP contribution in [0.2, 0.25) is 0 Å². The summed E-state index contributed by atoms with van der Waals surface area (Å²) in [6, 6.07) is 0. The van der Waals surface area contributed by atoms with Gasteiger partial charge in [0.2, 0.25) is 0 Å². The van der Waals surface area contributed by atoms with Crippen molar-refractivity contribution in [3.8, 4) is 0 Å². The minimum atomic E-state index is -2.04. The molecule has 77 heavy (non-hydrogen) atoms. The van der Waals surface area contributed by atoms with Crippen molar-refractivity contribution in [2.24, 2.45) is 50.2 Å². The van der Waals surface area contributed by atoms with Gasteiger partial charge in [-0.1, -0.05) is 60.1 Å². The fourth-order valence-electron chi connectivity index (χ4n) is 16.4. The number of ether oxygens (including phenoxy) is 8. The normalized spacial score (nSPS) is 55.7. The molecule has 24 heteroatoms. The van der Waals surface area contributed by atoms with Crippen molar-refractivity contribution in [1.29, 1.82) is 0 Å². The highest BCUT2D eigenvalue weighted by Gasteiger charge is 2.71. The number of carbonyl (C=O) groups is 1. The summed E-state index contributed by atoms with van der Waals surface area (Å²) in [4.78, 5) is 12.4. The number of aliphatic hydroxyl groups is 14. The summed E-state index contributed by atoms with van der Waals surface area (Å²) in [6.45, 7) is 12.7. The van der Waals surface area contributed by atoms with Crippen LogP contribution in [0.15, 0.2) is 11.6 Å². The van der Waals surface area contributed by atoms with Gasteiger partial charge in [0, 0.05) is 10.8 Å². The third-order valence-corrected chi connectivity index (χ3v) is 21.5. The average molecular weight is 1110 g/mol. The van der Waals surface area contributed by atoms with E-state index in [0.29, 0.717) is 44.9 Å². The largest absolute Gasteiger partial charge is 0.479 e. The van der Waals surface area contributed by atoms with Crippen molar-refractivity contribution in [3.05, 3.63) is 11.6 Å². The first-order valence-electron chi connectivity index (χ1n) is 27.4. The van der Waals surface area contributed by atoms with E-state index in [2.05, 4.69) is 33.8 Å². The molecule has 4 heterocycles. The molecule has 0 spiro atoms. The highest BCUT2D eigenvalue weighted by atomic mass is 16.8. The van der Waals surface area contributed by atoms with Crippen LogP contribution in [0.4, 0.5) is 0 Å². The summed E-state index contributed by atoms with van der Waals surface area (Å²) in [5, 5.41) is 162.